The number of nitrogens with zero attached hydrogens (tertiary/aromatic N) is 1. The standard InChI is InChI=1S/C15H23F2NO/c1-5-15(2,3)18(4)7-6-14(19)11-8-12(16)10-13(17)9-11/h8-10,14,19H,5-7H2,1-4H3. The summed E-state index contributed by atoms with van der Waals surface area (Å²) in [5, 5.41) is 10.00. The minimum Gasteiger partial charge on any atom is -0.388 e. The van der Waals surface area contributed by atoms with Crippen molar-refractivity contribution in [2.75, 3.05) is 13.6 Å². The largest absolute Gasteiger partial charge is 0.388 e. The Morgan fingerprint density at radius 1 is 1.21 bits per heavy atom. The molecule has 1 unspecified atom stereocenters. The molecule has 0 aromatic heterocycles. The van der Waals surface area contributed by atoms with E-state index in [1.165, 1.54) is 12.1 Å². The van der Waals surface area contributed by atoms with E-state index in [4.69, 9.17) is 0 Å². The molecule has 1 atom stereocenters. The van der Waals surface area contributed by atoms with Gasteiger partial charge in [0, 0.05) is 18.2 Å². The molecule has 0 bridgehead atoms. The molecular formula is C15H23F2NO. The van der Waals surface area contributed by atoms with Crippen LogP contribution in [-0.2, 0) is 0 Å². The van der Waals surface area contributed by atoms with Crippen molar-refractivity contribution < 1.29 is 13.9 Å². The van der Waals surface area contributed by atoms with E-state index in [-0.39, 0.29) is 5.54 Å². The van der Waals surface area contributed by atoms with Crippen molar-refractivity contribution in [1.82, 2.24) is 4.90 Å². The maximum Gasteiger partial charge on any atom is 0.126 e. The van der Waals surface area contributed by atoms with Gasteiger partial charge >= 0.3 is 0 Å². The van der Waals surface area contributed by atoms with Gasteiger partial charge in [0.05, 0.1) is 6.10 Å². The SMILES string of the molecule is CCC(C)(C)N(C)CCC(O)c1cc(F)cc(F)c1. The Bertz CT molecular complexity index is 400. The van der Waals surface area contributed by atoms with Gasteiger partial charge in [-0.3, -0.25) is 0 Å². The number of hydrogen-bond acceptors (Lipinski definition) is 2. The summed E-state index contributed by atoms with van der Waals surface area (Å²) in [6, 6.07) is 3.17. The first-order valence-corrected chi connectivity index (χ1v) is 6.61. The predicted molar refractivity (Wildman–Crippen MR) is 72.9 cm³/mol. The summed E-state index contributed by atoms with van der Waals surface area (Å²) in [5.74, 6) is -1.31. The van der Waals surface area contributed by atoms with Crippen LogP contribution in [0.15, 0.2) is 18.2 Å². The summed E-state index contributed by atoms with van der Waals surface area (Å²) in [7, 11) is 1.99. The third-order valence-corrected chi connectivity index (χ3v) is 3.91. The zero-order valence-corrected chi connectivity index (χ0v) is 12.1. The molecule has 0 aliphatic carbocycles. The molecule has 0 fully saturated rings. The molecule has 1 N–H and O–H groups in total. The topological polar surface area (TPSA) is 23.5 Å². The molecule has 1 aromatic rings. The molecule has 4 heteroatoms. The third kappa shape index (κ3) is 4.55. The lowest BCUT2D eigenvalue weighted by Crippen LogP contribution is -2.41. The fourth-order valence-electron chi connectivity index (χ4n) is 1.82. The van der Waals surface area contributed by atoms with Crippen LogP contribution in [0.25, 0.3) is 0 Å². The Kier molecular flexibility index (Phi) is 5.44. The van der Waals surface area contributed by atoms with Crippen LogP contribution in [0, 0.1) is 11.6 Å². The fourth-order valence-corrected chi connectivity index (χ4v) is 1.82. The van der Waals surface area contributed by atoms with Crippen molar-refractivity contribution in [3.63, 3.8) is 0 Å². The van der Waals surface area contributed by atoms with Gasteiger partial charge in [0.25, 0.3) is 0 Å². The molecule has 0 radical (unpaired) electrons. The monoisotopic (exact) mass is 271 g/mol. The lowest BCUT2D eigenvalue weighted by Gasteiger charge is -2.35. The molecule has 108 valence electrons. The Balaban J connectivity index is 2.63. The van der Waals surface area contributed by atoms with Gasteiger partial charge in [-0.1, -0.05) is 6.92 Å². The lowest BCUT2D eigenvalue weighted by atomic mass is 9.98. The van der Waals surface area contributed by atoms with E-state index in [0.29, 0.717) is 18.5 Å². The maximum absolute atomic E-state index is 13.1. The van der Waals surface area contributed by atoms with Gasteiger partial charge in [-0.15, -0.1) is 0 Å². The molecule has 19 heavy (non-hydrogen) atoms. The van der Waals surface area contributed by atoms with E-state index < -0.39 is 17.7 Å². The van der Waals surface area contributed by atoms with Crippen LogP contribution in [0.2, 0.25) is 0 Å². The highest BCUT2D eigenvalue weighted by Gasteiger charge is 2.21. The second kappa shape index (κ2) is 6.44. The first-order chi connectivity index (χ1) is 8.76. The summed E-state index contributed by atoms with van der Waals surface area (Å²) in [6.07, 6.45) is 0.595. The summed E-state index contributed by atoms with van der Waals surface area (Å²) in [4.78, 5) is 2.14. The molecule has 0 aliphatic rings. The number of halogens is 2. The van der Waals surface area contributed by atoms with E-state index in [1.54, 1.807) is 0 Å². The number of aliphatic hydroxyl groups excluding tert-OH is 1. The van der Waals surface area contributed by atoms with Crippen molar-refractivity contribution in [1.29, 1.82) is 0 Å². The molecule has 0 heterocycles. The van der Waals surface area contributed by atoms with Crippen molar-refractivity contribution in [2.24, 2.45) is 0 Å². The summed E-state index contributed by atoms with van der Waals surface area (Å²) < 4.78 is 26.1. The van der Waals surface area contributed by atoms with Crippen LogP contribution in [0.5, 0.6) is 0 Å². The van der Waals surface area contributed by atoms with Gasteiger partial charge in [-0.05, 0) is 51.4 Å². The van der Waals surface area contributed by atoms with Crippen LogP contribution in [0.1, 0.15) is 45.3 Å². The molecule has 0 aliphatic heterocycles. The van der Waals surface area contributed by atoms with Gasteiger partial charge < -0.3 is 10.0 Å². The number of hydrogen-bond donors (Lipinski definition) is 1. The van der Waals surface area contributed by atoms with E-state index in [2.05, 4.69) is 25.7 Å². The predicted octanol–water partition coefficient (Wildman–Crippen LogP) is 3.51. The smallest absolute Gasteiger partial charge is 0.126 e. The van der Waals surface area contributed by atoms with E-state index in [9.17, 15) is 13.9 Å². The van der Waals surface area contributed by atoms with Crippen LogP contribution in [-0.4, -0.2) is 29.1 Å². The molecular weight excluding hydrogens is 248 g/mol. The highest BCUT2D eigenvalue weighted by molar-refractivity contribution is 5.20. The van der Waals surface area contributed by atoms with E-state index in [0.717, 1.165) is 12.5 Å². The van der Waals surface area contributed by atoms with Crippen LogP contribution in [0.4, 0.5) is 8.78 Å². The fraction of sp³-hybridized carbons (Fsp3) is 0.600. The zero-order chi connectivity index (χ0) is 14.6. The van der Waals surface area contributed by atoms with Crippen LogP contribution in [0.3, 0.4) is 0 Å². The summed E-state index contributed by atoms with van der Waals surface area (Å²) in [5.41, 5.74) is 0.340. The van der Waals surface area contributed by atoms with Gasteiger partial charge in [0.1, 0.15) is 11.6 Å². The van der Waals surface area contributed by atoms with Gasteiger partial charge in [0.2, 0.25) is 0 Å². The summed E-state index contributed by atoms with van der Waals surface area (Å²) >= 11 is 0. The number of rotatable bonds is 6. The number of aliphatic hydroxyl groups is 1. The zero-order valence-electron chi connectivity index (χ0n) is 12.1. The van der Waals surface area contributed by atoms with Crippen molar-refractivity contribution in [3.8, 4) is 0 Å². The first-order valence-electron chi connectivity index (χ1n) is 6.61. The molecule has 0 saturated carbocycles. The minimum absolute atomic E-state index is 0.0485. The van der Waals surface area contributed by atoms with Crippen LogP contribution >= 0.6 is 0 Å². The summed E-state index contributed by atoms with van der Waals surface area (Å²) in [6.45, 7) is 7.03. The van der Waals surface area contributed by atoms with Crippen molar-refractivity contribution in [3.05, 3.63) is 35.4 Å². The maximum atomic E-state index is 13.1. The first kappa shape index (κ1) is 16.1. The van der Waals surface area contributed by atoms with E-state index >= 15 is 0 Å². The van der Waals surface area contributed by atoms with Gasteiger partial charge in [-0.2, -0.15) is 0 Å². The third-order valence-electron chi connectivity index (χ3n) is 3.91. The lowest BCUT2D eigenvalue weighted by molar-refractivity contribution is 0.104. The average Bonchev–Trinajstić information content (AvgIpc) is 2.34. The molecule has 2 nitrogen and oxygen atoms in total. The average molecular weight is 271 g/mol. The van der Waals surface area contributed by atoms with Crippen molar-refractivity contribution in [2.45, 2.75) is 45.3 Å². The van der Waals surface area contributed by atoms with Gasteiger partial charge in [-0.25, -0.2) is 8.78 Å². The van der Waals surface area contributed by atoms with E-state index in [1.807, 2.05) is 7.05 Å². The van der Waals surface area contributed by atoms with Crippen molar-refractivity contribution >= 4 is 0 Å². The minimum atomic E-state index is -0.847. The molecule has 0 spiro atoms. The molecule has 1 aromatic carbocycles. The Labute approximate surface area is 114 Å². The Morgan fingerprint density at radius 3 is 2.21 bits per heavy atom. The normalized spacial score (nSPS) is 13.9. The second-order valence-corrected chi connectivity index (χ2v) is 5.59. The molecule has 0 amide bonds. The Hall–Kier alpha value is -1.00. The van der Waals surface area contributed by atoms with Crippen LogP contribution < -0.4 is 0 Å². The molecule has 1 rings (SSSR count). The highest BCUT2D eigenvalue weighted by Crippen LogP contribution is 2.22. The quantitative estimate of drug-likeness (QED) is 0.856. The number of benzene rings is 1. The van der Waals surface area contributed by atoms with Gasteiger partial charge in [0.15, 0.2) is 0 Å². The Morgan fingerprint density at radius 2 is 1.74 bits per heavy atom. The highest BCUT2D eigenvalue weighted by atomic mass is 19.1. The second-order valence-electron chi connectivity index (χ2n) is 5.59. The molecule has 0 saturated heterocycles.